The highest BCUT2D eigenvalue weighted by Crippen LogP contribution is 2.22. The van der Waals surface area contributed by atoms with Gasteiger partial charge in [-0.25, -0.2) is 9.97 Å². The molecule has 0 atom stereocenters. The molecule has 81 heavy (non-hydrogen) atoms. The Labute approximate surface area is 484 Å². The lowest BCUT2D eigenvalue weighted by Crippen LogP contribution is -2.09. The number of nitrogens with zero attached hydrogens (tertiary/aromatic N) is 10. The minimum absolute atomic E-state index is 0.229. The second-order valence-corrected chi connectivity index (χ2v) is 24.1. The predicted molar refractivity (Wildman–Crippen MR) is 324 cm³/mol. The van der Waals surface area contributed by atoms with Gasteiger partial charge in [-0.1, -0.05) is 159 Å². The molecule has 9 aromatic rings. The number of nitrogens with one attached hydrogen (secondary N) is 2. The van der Waals surface area contributed by atoms with Crippen molar-refractivity contribution in [3.8, 4) is 0 Å². The van der Waals surface area contributed by atoms with Crippen LogP contribution >= 0.6 is 0 Å². The standard InChI is InChI=1S/C8H14N2.C8H13NO.2C7H12N2.3C7H11NO.2C6H9NO/c1-8(2,3)7-5-9-10(4)6-7;1-5(2)8-6(3)7(4)10-9-8;1-7(2,3)6-4-8-9-5-6;1-5(2)7-4-6(3)8-9-7;1-5(2)7-8-6(3)4-9-7;1-5(2)7-6(3)4-9-8-7;1-5(2)7-4-6(3)9-8-7;1-5(2)6-7-3-4-8-6;1-5(2)6-3-4-8-7-6/h5-6H,1-4H3;5H,1-4H3;2*4-5H,1-3H3,(H,8,9);3*4-5H,1-3H3;2*3-5H,1-2H3. The molecule has 0 unspecified atom stereocenters. The molecule has 0 amide bonds. The summed E-state index contributed by atoms with van der Waals surface area (Å²) in [5.74, 6) is 6.70. The van der Waals surface area contributed by atoms with Crippen molar-refractivity contribution < 1.29 is 26.9 Å². The van der Waals surface area contributed by atoms with E-state index in [0.29, 0.717) is 41.4 Å². The minimum atomic E-state index is 0.229. The largest absolute Gasteiger partial charge is 0.449 e. The summed E-state index contributed by atoms with van der Waals surface area (Å²) < 4.78 is 31.2. The van der Waals surface area contributed by atoms with E-state index in [2.05, 4.69) is 198 Å². The van der Waals surface area contributed by atoms with Gasteiger partial charge in [0.25, 0.3) is 0 Å². The van der Waals surface area contributed by atoms with Crippen LogP contribution in [0.15, 0.2) is 101 Å². The van der Waals surface area contributed by atoms with Crippen LogP contribution in [0.1, 0.15) is 265 Å². The van der Waals surface area contributed by atoms with Crippen molar-refractivity contribution in [1.29, 1.82) is 0 Å². The number of aromatic amines is 2. The molecule has 18 heteroatoms. The number of H-pyrrole nitrogens is 2. The van der Waals surface area contributed by atoms with Crippen LogP contribution < -0.4 is 0 Å². The molecule has 0 aliphatic rings. The van der Waals surface area contributed by atoms with Crippen molar-refractivity contribution in [2.75, 3.05) is 0 Å². The summed E-state index contributed by atoms with van der Waals surface area (Å²) in [5.41, 5.74) is 12.8. The smallest absolute Gasteiger partial charge is 0.196 e. The number of aryl methyl sites for hydroxylation is 6. The van der Waals surface area contributed by atoms with Gasteiger partial charge in [0.1, 0.15) is 36.6 Å². The fraction of sp³-hybridized carbons (Fsp3) is 0.571. The first-order valence-electron chi connectivity index (χ1n) is 28.1. The molecular formula is C63H102N12O6. The Kier molecular flexibility index (Phi) is 31.6. The van der Waals surface area contributed by atoms with Crippen molar-refractivity contribution in [3.05, 3.63) is 160 Å². The molecule has 0 saturated carbocycles. The van der Waals surface area contributed by atoms with Crippen LogP contribution in [0.2, 0.25) is 0 Å². The molecule has 0 fully saturated rings. The number of hydrogen-bond acceptors (Lipinski definition) is 15. The van der Waals surface area contributed by atoms with Crippen LogP contribution in [0, 0.1) is 41.5 Å². The summed E-state index contributed by atoms with van der Waals surface area (Å²) in [5, 5.41) is 33.1. The van der Waals surface area contributed by atoms with Gasteiger partial charge in [-0.05, 0) is 99.2 Å². The van der Waals surface area contributed by atoms with Crippen LogP contribution in [-0.2, 0) is 17.9 Å². The maximum absolute atomic E-state index is 5.11. The molecule has 9 heterocycles. The highest BCUT2D eigenvalue weighted by atomic mass is 16.5. The van der Waals surface area contributed by atoms with Gasteiger partial charge in [-0.15, -0.1) is 0 Å². The lowest BCUT2D eigenvalue weighted by molar-refractivity contribution is 0.387. The van der Waals surface area contributed by atoms with Gasteiger partial charge in [0.2, 0.25) is 0 Å². The fourth-order valence-corrected chi connectivity index (χ4v) is 6.37. The van der Waals surface area contributed by atoms with E-state index in [-0.39, 0.29) is 10.8 Å². The lowest BCUT2D eigenvalue weighted by Gasteiger charge is -2.14. The van der Waals surface area contributed by atoms with E-state index < -0.39 is 0 Å². The molecular weight excluding hydrogens is 1020 g/mol. The van der Waals surface area contributed by atoms with Gasteiger partial charge in [0.15, 0.2) is 11.8 Å². The third kappa shape index (κ3) is 28.7. The third-order valence-electron chi connectivity index (χ3n) is 11.7. The molecule has 0 aromatic carbocycles. The van der Waals surface area contributed by atoms with E-state index in [1.165, 1.54) is 16.7 Å². The summed E-state index contributed by atoms with van der Waals surface area (Å²) in [4.78, 5) is 8.09. The zero-order valence-electron chi connectivity index (χ0n) is 54.4. The highest BCUT2D eigenvalue weighted by Gasteiger charge is 2.15. The first kappa shape index (κ1) is 71.9. The van der Waals surface area contributed by atoms with E-state index in [1.807, 2.05) is 97.8 Å². The summed E-state index contributed by atoms with van der Waals surface area (Å²) >= 11 is 0. The summed E-state index contributed by atoms with van der Waals surface area (Å²) in [6, 6.07) is 5.92. The summed E-state index contributed by atoms with van der Waals surface area (Å²) in [6.07, 6.45) is 16.0. The Morgan fingerprint density at radius 1 is 0.556 bits per heavy atom. The molecule has 450 valence electrons. The molecule has 9 rings (SSSR count). The second kappa shape index (κ2) is 35.6. The van der Waals surface area contributed by atoms with Crippen LogP contribution in [0.4, 0.5) is 0 Å². The quantitative estimate of drug-likeness (QED) is 0.151. The Morgan fingerprint density at radius 2 is 1.16 bits per heavy atom. The first-order valence-corrected chi connectivity index (χ1v) is 28.1. The predicted octanol–water partition coefficient (Wildman–Crippen LogP) is 17.6. The van der Waals surface area contributed by atoms with Gasteiger partial charge in [0.05, 0.1) is 52.8 Å². The van der Waals surface area contributed by atoms with Gasteiger partial charge >= 0.3 is 0 Å². The maximum atomic E-state index is 5.11. The molecule has 0 bridgehead atoms. The third-order valence-corrected chi connectivity index (χ3v) is 11.7. The van der Waals surface area contributed by atoms with Gasteiger partial charge in [-0.2, -0.15) is 15.3 Å². The monoisotopic (exact) mass is 1120 g/mol. The van der Waals surface area contributed by atoms with Crippen molar-refractivity contribution >= 4 is 0 Å². The molecule has 0 saturated heterocycles. The average molecular weight is 1120 g/mol. The number of oxazole rings is 2. The van der Waals surface area contributed by atoms with Gasteiger partial charge in [-0.3, -0.25) is 14.9 Å². The average Bonchev–Trinajstić information content (AvgIpc) is 4.23. The van der Waals surface area contributed by atoms with E-state index in [4.69, 9.17) is 22.4 Å². The van der Waals surface area contributed by atoms with Crippen LogP contribution in [0.3, 0.4) is 0 Å². The maximum Gasteiger partial charge on any atom is 0.196 e. The molecule has 0 spiro atoms. The van der Waals surface area contributed by atoms with Gasteiger partial charge < -0.3 is 26.9 Å². The fourth-order valence-electron chi connectivity index (χ4n) is 6.37. The van der Waals surface area contributed by atoms with E-state index in [9.17, 15) is 0 Å². The number of hydrogen-bond donors (Lipinski definition) is 2. The van der Waals surface area contributed by atoms with Crippen LogP contribution in [0.5, 0.6) is 0 Å². The number of rotatable bonds is 7. The molecule has 0 aliphatic heterocycles. The van der Waals surface area contributed by atoms with Crippen molar-refractivity contribution in [3.63, 3.8) is 0 Å². The Balaban J connectivity index is 0.000000456. The Hall–Kier alpha value is -7.11. The molecule has 0 aliphatic carbocycles. The second-order valence-electron chi connectivity index (χ2n) is 24.1. The van der Waals surface area contributed by atoms with Crippen molar-refractivity contribution in [2.24, 2.45) is 7.05 Å². The normalized spacial score (nSPS) is 10.9. The Morgan fingerprint density at radius 3 is 1.38 bits per heavy atom. The highest BCUT2D eigenvalue weighted by molar-refractivity contribution is 5.22. The zero-order chi connectivity index (χ0) is 61.8. The molecule has 9 aromatic heterocycles. The van der Waals surface area contributed by atoms with E-state index >= 15 is 0 Å². The number of aromatic nitrogens is 12. The zero-order valence-corrected chi connectivity index (χ0v) is 54.4. The molecule has 18 nitrogen and oxygen atoms in total. The van der Waals surface area contributed by atoms with Gasteiger partial charge in [0, 0.05) is 60.2 Å². The SMILES string of the molecule is CC(C)(C)c1cn[nH]c1.CC(C)c1ccon1.CC(C)c1ncco1.Cc1cc(C(C)C)n[nH]1.Cc1cc(C(C)C)no1.Cc1coc(C(C)C)n1.Cc1conc1C(C)C.Cc1onc(C(C)C)c1C.Cn1cc(C(C)(C)C)cn1. The van der Waals surface area contributed by atoms with Crippen molar-refractivity contribution in [2.45, 2.75) is 232 Å². The molecule has 2 N–H and O–H groups in total. The summed E-state index contributed by atoms with van der Waals surface area (Å²) in [6.45, 7) is 54.1. The van der Waals surface area contributed by atoms with E-state index in [1.54, 1.807) is 31.2 Å². The summed E-state index contributed by atoms with van der Waals surface area (Å²) in [7, 11) is 1.94. The van der Waals surface area contributed by atoms with E-state index in [0.717, 1.165) is 68.7 Å². The van der Waals surface area contributed by atoms with Crippen LogP contribution in [0.25, 0.3) is 0 Å². The lowest BCUT2D eigenvalue weighted by atomic mass is 9.90. The van der Waals surface area contributed by atoms with Crippen molar-refractivity contribution in [1.82, 2.24) is 60.8 Å². The first-order chi connectivity index (χ1) is 37.6. The topological polar surface area (TPSA) is 231 Å². The molecule has 0 radical (unpaired) electrons. The minimum Gasteiger partial charge on any atom is -0.449 e. The Bertz CT molecular complexity index is 2780. The van der Waals surface area contributed by atoms with Crippen LogP contribution in [-0.4, -0.2) is 60.8 Å².